The second kappa shape index (κ2) is 9.46. The molecule has 25 heavy (non-hydrogen) atoms. The Kier molecular flexibility index (Phi) is 7.00. The minimum absolute atomic E-state index is 0.0421. The first kappa shape index (κ1) is 18.5. The highest BCUT2D eigenvalue weighted by Gasteiger charge is 2.15. The van der Waals surface area contributed by atoms with Crippen molar-refractivity contribution in [2.24, 2.45) is 0 Å². The van der Waals surface area contributed by atoms with E-state index < -0.39 is 5.97 Å². The smallest absolute Gasteiger partial charge is 0.328 e. The van der Waals surface area contributed by atoms with Gasteiger partial charge in [0.05, 0.1) is 0 Å². The Labute approximate surface area is 146 Å². The minimum Gasteiger partial charge on any atom is -0.478 e. The molecule has 0 saturated heterocycles. The third kappa shape index (κ3) is 5.34. The van der Waals surface area contributed by atoms with E-state index in [-0.39, 0.29) is 13.6 Å². The highest BCUT2D eigenvalue weighted by Crippen LogP contribution is 2.34. The van der Waals surface area contributed by atoms with Gasteiger partial charge in [0.15, 0.2) is 13.6 Å². The van der Waals surface area contributed by atoms with Crippen molar-refractivity contribution in [1.82, 2.24) is 0 Å². The molecule has 0 bridgehead atoms. The Morgan fingerprint density at radius 3 is 2.32 bits per heavy atom. The van der Waals surface area contributed by atoms with Crippen molar-refractivity contribution in [1.29, 1.82) is 0 Å². The van der Waals surface area contributed by atoms with Gasteiger partial charge in [0.2, 0.25) is 0 Å². The standard InChI is InChI=1S/C19H20O6/c1-22-12-24-15-8-9-18(25-13-23-2)17(10-15)16(11-19(20)21)14-6-4-3-5-7-14/h3-11H,12-13H2,1-2H3,(H,20,21). The van der Waals surface area contributed by atoms with Gasteiger partial charge in [-0.2, -0.15) is 0 Å². The van der Waals surface area contributed by atoms with Crippen LogP contribution in [-0.4, -0.2) is 38.9 Å². The van der Waals surface area contributed by atoms with Gasteiger partial charge in [-0.05, 0) is 29.3 Å². The van der Waals surface area contributed by atoms with Gasteiger partial charge in [0.1, 0.15) is 11.5 Å². The number of benzene rings is 2. The van der Waals surface area contributed by atoms with Crippen LogP contribution in [0, 0.1) is 0 Å². The van der Waals surface area contributed by atoms with Crippen molar-refractivity contribution in [2.45, 2.75) is 0 Å². The maximum Gasteiger partial charge on any atom is 0.328 e. The monoisotopic (exact) mass is 344 g/mol. The normalized spacial score (nSPS) is 11.2. The second-order valence-electron chi connectivity index (χ2n) is 5.02. The van der Waals surface area contributed by atoms with Crippen molar-refractivity contribution in [2.75, 3.05) is 27.8 Å². The van der Waals surface area contributed by atoms with E-state index in [0.29, 0.717) is 22.6 Å². The van der Waals surface area contributed by atoms with Crippen LogP contribution in [0.3, 0.4) is 0 Å². The SMILES string of the molecule is COCOc1ccc(OCOC)c(C(=CC(=O)O)c2ccccc2)c1. The van der Waals surface area contributed by atoms with Gasteiger partial charge < -0.3 is 24.1 Å². The fourth-order valence-electron chi connectivity index (χ4n) is 2.24. The molecule has 1 N–H and O–H groups in total. The Morgan fingerprint density at radius 1 is 1.00 bits per heavy atom. The lowest BCUT2D eigenvalue weighted by molar-refractivity contribution is -0.131. The van der Waals surface area contributed by atoms with Gasteiger partial charge in [0, 0.05) is 25.9 Å². The first-order chi connectivity index (χ1) is 12.2. The largest absolute Gasteiger partial charge is 0.478 e. The molecule has 2 aromatic rings. The van der Waals surface area contributed by atoms with Crippen molar-refractivity contribution < 1.29 is 28.8 Å². The summed E-state index contributed by atoms with van der Waals surface area (Å²) >= 11 is 0. The fraction of sp³-hybridized carbons (Fsp3) is 0.211. The summed E-state index contributed by atoms with van der Waals surface area (Å²) in [5.41, 5.74) is 1.83. The quantitative estimate of drug-likeness (QED) is 0.556. The summed E-state index contributed by atoms with van der Waals surface area (Å²) in [5.74, 6) is -0.0310. The zero-order valence-electron chi connectivity index (χ0n) is 14.1. The summed E-state index contributed by atoms with van der Waals surface area (Å²) in [4.78, 5) is 11.3. The van der Waals surface area contributed by atoms with E-state index in [1.54, 1.807) is 18.2 Å². The number of hydrogen-bond acceptors (Lipinski definition) is 5. The Hall–Kier alpha value is -2.83. The topological polar surface area (TPSA) is 74.2 Å². The van der Waals surface area contributed by atoms with Crippen LogP contribution in [-0.2, 0) is 14.3 Å². The Bertz CT molecular complexity index is 724. The van der Waals surface area contributed by atoms with Crippen molar-refractivity contribution in [3.63, 3.8) is 0 Å². The molecule has 2 rings (SSSR count). The van der Waals surface area contributed by atoms with Crippen LogP contribution in [0.25, 0.3) is 5.57 Å². The zero-order chi connectivity index (χ0) is 18.1. The first-order valence-electron chi connectivity index (χ1n) is 7.53. The van der Waals surface area contributed by atoms with Gasteiger partial charge in [-0.3, -0.25) is 0 Å². The molecule has 0 aliphatic carbocycles. The number of hydrogen-bond donors (Lipinski definition) is 1. The maximum absolute atomic E-state index is 11.3. The number of methoxy groups -OCH3 is 2. The molecular formula is C19H20O6. The molecular weight excluding hydrogens is 324 g/mol. The summed E-state index contributed by atoms with van der Waals surface area (Å²) in [6, 6.07) is 14.3. The van der Waals surface area contributed by atoms with Crippen LogP contribution in [0.4, 0.5) is 0 Å². The summed E-state index contributed by atoms with van der Waals surface area (Å²) in [6.45, 7) is 0.126. The molecule has 0 aliphatic rings. The molecule has 0 aliphatic heterocycles. The van der Waals surface area contributed by atoms with Gasteiger partial charge in [0.25, 0.3) is 0 Å². The van der Waals surface area contributed by atoms with E-state index >= 15 is 0 Å². The van der Waals surface area contributed by atoms with Gasteiger partial charge in [-0.25, -0.2) is 4.79 Å². The molecule has 0 aromatic heterocycles. The van der Waals surface area contributed by atoms with Gasteiger partial charge >= 0.3 is 5.97 Å². The molecule has 6 heteroatoms. The molecule has 0 atom stereocenters. The van der Waals surface area contributed by atoms with Crippen LogP contribution in [0.15, 0.2) is 54.6 Å². The van der Waals surface area contributed by atoms with Crippen LogP contribution >= 0.6 is 0 Å². The summed E-state index contributed by atoms with van der Waals surface area (Å²) in [6.07, 6.45) is 1.14. The van der Waals surface area contributed by atoms with Crippen molar-refractivity contribution in [3.8, 4) is 11.5 Å². The molecule has 0 saturated carbocycles. The summed E-state index contributed by atoms with van der Waals surface area (Å²) in [7, 11) is 3.04. The molecule has 0 radical (unpaired) electrons. The number of carboxylic acid groups (broad SMARTS) is 1. The van der Waals surface area contributed by atoms with Crippen molar-refractivity contribution in [3.05, 3.63) is 65.7 Å². The third-order valence-corrected chi connectivity index (χ3v) is 3.27. The lowest BCUT2D eigenvalue weighted by atomic mass is 9.96. The summed E-state index contributed by atoms with van der Waals surface area (Å²) < 4.78 is 20.9. The Balaban J connectivity index is 2.54. The van der Waals surface area contributed by atoms with Crippen molar-refractivity contribution >= 4 is 11.5 Å². The lowest BCUT2D eigenvalue weighted by Crippen LogP contribution is -2.04. The average Bonchev–Trinajstić information content (AvgIpc) is 2.63. The predicted octanol–water partition coefficient (Wildman–Crippen LogP) is 3.17. The van der Waals surface area contributed by atoms with E-state index in [1.807, 2.05) is 30.3 Å². The van der Waals surface area contributed by atoms with Gasteiger partial charge in [-0.1, -0.05) is 30.3 Å². The fourth-order valence-corrected chi connectivity index (χ4v) is 2.24. The molecule has 0 fully saturated rings. The molecule has 2 aromatic carbocycles. The molecule has 0 unspecified atom stereocenters. The van der Waals surface area contributed by atoms with Crippen LogP contribution in [0.1, 0.15) is 11.1 Å². The van der Waals surface area contributed by atoms with E-state index in [4.69, 9.17) is 18.9 Å². The maximum atomic E-state index is 11.3. The first-order valence-corrected chi connectivity index (χ1v) is 7.53. The Morgan fingerprint density at radius 2 is 1.68 bits per heavy atom. The average molecular weight is 344 g/mol. The number of aliphatic carboxylic acids is 1. The number of carbonyl (C=O) groups is 1. The van der Waals surface area contributed by atoms with E-state index in [9.17, 15) is 9.90 Å². The number of carboxylic acids is 1. The molecule has 0 spiro atoms. The predicted molar refractivity (Wildman–Crippen MR) is 92.6 cm³/mol. The highest BCUT2D eigenvalue weighted by atomic mass is 16.7. The number of ether oxygens (including phenoxy) is 4. The lowest BCUT2D eigenvalue weighted by Gasteiger charge is -2.16. The van der Waals surface area contributed by atoms with Gasteiger partial charge in [-0.15, -0.1) is 0 Å². The van der Waals surface area contributed by atoms with E-state index in [0.717, 1.165) is 11.6 Å². The van der Waals surface area contributed by atoms with E-state index in [1.165, 1.54) is 14.2 Å². The molecule has 132 valence electrons. The van der Waals surface area contributed by atoms with E-state index in [2.05, 4.69) is 0 Å². The number of rotatable bonds is 9. The second-order valence-corrected chi connectivity index (χ2v) is 5.02. The van der Waals surface area contributed by atoms with Crippen LogP contribution < -0.4 is 9.47 Å². The third-order valence-electron chi connectivity index (χ3n) is 3.27. The minimum atomic E-state index is -1.06. The summed E-state index contributed by atoms with van der Waals surface area (Å²) in [5, 5.41) is 9.29. The molecule has 6 nitrogen and oxygen atoms in total. The molecule has 0 amide bonds. The van der Waals surface area contributed by atoms with Crippen LogP contribution in [0.2, 0.25) is 0 Å². The highest BCUT2D eigenvalue weighted by molar-refractivity contribution is 5.96. The zero-order valence-corrected chi connectivity index (χ0v) is 14.1. The molecule has 0 heterocycles. The van der Waals surface area contributed by atoms with Crippen LogP contribution in [0.5, 0.6) is 11.5 Å².